The second-order valence-corrected chi connectivity index (χ2v) is 2.96. The lowest BCUT2D eigenvalue weighted by Gasteiger charge is -2.07. The maximum atomic E-state index is 5.67. The third-order valence-electron chi connectivity index (χ3n) is 1.66. The molecule has 0 fully saturated rings. The number of nitrogens with two attached hydrogens (primary N) is 1. The Kier molecular flexibility index (Phi) is 5.86. The molecule has 0 spiro atoms. The van der Waals surface area contributed by atoms with Crippen molar-refractivity contribution in [3.05, 3.63) is 24.3 Å². The molecular formula is C10H19N. The summed E-state index contributed by atoms with van der Waals surface area (Å²) in [6.45, 7) is 7.80. The summed E-state index contributed by atoms with van der Waals surface area (Å²) in [6, 6.07) is 0.283. The van der Waals surface area contributed by atoms with Gasteiger partial charge in [-0.3, -0.25) is 0 Å². The van der Waals surface area contributed by atoms with E-state index in [9.17, 15) is 0 Å². The van der Waals surface area contributed by atoms with E-state index in [2.05, 4.69) is 19.6 Å². The third kappa shape index (κ3) is 5.86. The molecule has 0 aliphatic carbocycles. The van der Waals surface area contributed by atoms with Gasteiger partial charge < -0.3 is 5.73 Å². The highest BCUT2D eigenvalue weighted by atomic mass is 14.6. The lowest BCUT2D eigenvalue weighted by atomic mass is 10.0. The highest BCUT2D eigenvalue weighted by Crippen LogP contribution is 2.11. The van der Waals surface area contributed by atoms with Gasteiger partial charge >= 0.3 is 0 Å². The number of allylic oxidation sites excluding steroid dienone is 2. The molecule has 64 valence electrons. The molecule has 0 aromatic rings. The minimum Gasteiger partial charge on any atom is -0.328 e. The number of hydrogen-bond acceptors (Lipinski definition) is 1. The summed E-state index contributed by atoms with van der Waals surface area (Å²) in [7, 11) is 0. The summed E-state index contributed by atoms with van der Waals surface area (Å²) in [5.74, 6) is 0. The van der Waals surface area contributed by atoms with Gasteiger partial charge in [0.25, 0.3) is 0 Å². The fraction of sp³-hybridized carbons (Fsp3) is 0.600. The van der Waals surface area contributed by atoms with E-state index in [1.807, 2.05) is 13.0 Å². The highest BCUT2D eigenvalue weighted by Gasteiger charge is 1.98. The van der Waals surface area contributed by atoms with E-state index >= 15 is 0 Å². The minimum atomic E-state index is 0.283. The topological polar surface area (TPSA) is 26.0 Å². The molecule has 0 radical (unpaired) electrons. The maximum Gasteiger partial charge on any atom is 0.00476 e. The van der Waals surface area contributed by atoms with E-state index in [0.717, 1.165) is 19.3 Å². The average molecular weight is 153 g/mol. The van der Waals surface area contributed by atoms with Crippen LogP contribution in [0.15, 0.2) is 24.3 Å². The van der Waals surface area contributed by atoms with Crippen LogP contribution < -0.4 is 5.73 Å². The summed E-state index contributed by atoms with van der Waals surface area (Å²) in [4.78, 5) is 0. The molecular weight excluding hydrogens is 134 g/mol. The molecule has 0 aromatic carbocycles. The first-order chi connectivity index (χ1) is 5.20. The van der Waals surface area contributed by atoms with E-state index in [4.69, 9.17) is 5.73 Å². The first-order valence-electron chi connectivity index (χ1n) is 4.21. The normalized spacial score (nSPS) is 14.6. The van der Waals surface area contributed by atoms with Crippen molar-refractivity contribution in [3.8, 4) is 0 Å². The van der Waals surface area contributed by atoms with Crippen LogP contribution in [0.5, 0.6) is 0 Å². The van der Waals surface area contributed by atoms with Crippen LogP contribution in [0, 0.1) is 0 Å². The summed E-state index contributed by atoms with van der Waals surface area (Å²) < 4.78 is 0. The zero-order valence-electron chi connectivity index (χ0n) is 7.64. The molecule has 2 N–H and O–H groups in total. The van der Waals surface area contributed by atoms with Crippen LogP contribution in [0.3, 0.4) is 0 Å². The van der Waals surface area contributed by atoms with Crippen molar-refractivity contribution in [1.29, 1.82) is 0 Å². The van der Waals surface area contributed by atoms with Gasteiger partial charge in [-0.1, -0.05) is 17.7 Å². The molecule has 1 atom stereocenters. The quantitative estimate of drug-likeness (QED) is 0.604. The molecule has 0 aliphatic rings. The van der Waals surface area contributed by atoms with Crippen molar-refractivity contribution < 1.29 is 0 Å². The highest BCUT2D eigenvalue weighted by molar-refractivity contribution is 5.03. The van der Waals surface area contributed by atoms with Crippen molar-refractivity contribution >= 4 is 0 Å². The Morgan fingerprint density at radius 2 is 2.27 bits per heavy atom. The van der Waals surface area contributed by atoms with Gasteiger partial charge in [0.15, 0.2) is 0 Å². The van der Waals surface area contributed by atoms with Crippen molar-refractivity contribution in [2.24, 2.45) is 5.73 Å². The first-order valence-corrected chi connectivity index (χ1v) is 4.21. The molecule has 0 rings (SSSR count). The van der Waals surface area contributed by atoms with Gasteiger partial charge in [0.05, 0.1) is 0 Å². The zero-order chi connectivity index (χ0) is 8.69. The summed E-state index contributed by atoms with van der Waals surface area (Å²) >= 11 is 0. The van der Waals surface area contributed by atoms with Crippen molar-refractivity contribution in [2.75, 3.05) is 0 Å². The fourth-order valence-electron chi connectivity index (χ4n) is 1.07. The Hall–Kier alpha value is -0.560. The van der Waals surface area contributed by atoms with Crippen LogP contribution in [0.1, 0.15) is 33.1 Å². The molecule has 0 heterocycles. The van der Waals surface area contributed by atoms with E-state index in [1.54, 1.807) is 0 Å². The van der Waals surface area contributed by atoms with Gasteiger partial charge in [-0.25, -0.2) is 0 Å². The van der Waals surface area contributed by atoms with Crippen molar-refractivity contribution in [1.82, 2.24) is 0 Å². The van der Waals surface area contributed by atoms with Gasteiger partial charge in [0, 0.05) is 6.04 Å². The van der Waals surface area contributed by atoms with Crippen LogP contribution in [0.4, 0.5) is 0 Å². The van der Waals surface area contributed by atoms with Gasteiger partial charge in [-0.2, -0.15) is 0 Å². The Balaban J connectivity index is 3.68. The van der Waals surface area contributed by atoms with E-state index in [-0.39, 0.29) is 6.04 Å². The molecule has 1 nitrogen and oxygen atoms in total. The second kappa shape index (κ2) is 6.17. The third-order valence-corrected chi connectivity index (χ3v) is 1.66. The van der Waals surface area contributed by atoms with Gasteiger partial charge in [-0.05, 0) is 33.1 Å². The maximum absolute atomic E-state index is 5.67. The van der Waals surface area contributed by atoms with Crippen LogP contribution in [-0.4, -0.2) is 6.04 Å². The number of hydrogen-bond donors (Lipinski definition) is 1. The van der Waals surface area contributed by atoms with Gasteiger partial charge in [0.1, 0.15) is 0 Å². The standard InChI is InChI=1S/C10H19N/c1-4-6-7-10(5-2)8-9(3)11/h4-5,9H,1,6-8,11H2,2-3H3/b10-5+/t9-/m0/s1. The second-order valence-electron chi connectivity index (χ2n) is 2.96. The molecule has 0 aromatic heterocycles. The predicted molar refractivity (Wildman–Crippen MR) is 51.5 cm³/mol. The smallest absolute Gasteiger partial charge is 0.00476 e. The Morgan fingerprint density at radius 3 is 2.64 bits per heavy atom. The number of rotatable bonds is 5. The lowest BCUT2D eigenvalue weighted by molar-refractivity contribution is 0.704. The fourth-order valence-corrected chi connectivity index (χ4v) is 1.07. The molecule has 0 aliphatic heterocycles. The van der Waals surface area contributed by atoms with Crippen molar-refractivity contribution in [2.45, 2.75) is 39.2 Å². The molecule has 0 saturated carbocycles. The van der Waals surface area contributed by atoms with Crippen LogP contribution in [-0.2, 0) is 0 Å². The van der Waals surface area contributed by atoms with Gasteiger partial charge in [-0.15, -0.1) is 6.58 Å². The SMILES string of the molecule is C=CCC/C(=C\C)C[C@H](C)N. The molecule has 0 saturated heterocycles. The van der Waals surface area contributed by atoms with E-state index in [1.165, 1.54) is 5.57 Å². The molecule has 11 heavy (non-hydrogen) atoms. The Morgan fingerprint density at radius 1 is 1.64 bits per heavy atom. The van der Waals surface area contributed by atoms with Crippen LogP contribution >= 0.6 is 0 Å². The molecule has 0 amide bonds. The van der Waals surface area contributed by atoms with Gasteiger partial charge in [0.2, 0.25) is 0 Å². The lowest BCUT2D eigenvalue weighted by Crippen LogP contribution is -2.15. The predicted octanol–water partition coefficient (Wildman–Crippen LogP) is 2.64. The van der Waals surface area contributed by atoms with Crippen LogP contribution in [0.25, 0.3) is 0 Å². The van der Waals surface area contributed by atoms with Crippen molar-refractivity contribution in [3.63, 3.8) is 0 Å². The van der Waals surface area contributed by atoms with E-state index in [0.29, 0.717) is 0 Å². The largest absolute Gasteiger partial charge is 0.328 e. The monoisotopic (exact) mass is 153 g/mol. The van der Waals surface area contributed by atoms with Crippen LogP contribution in [0.2, 0.25) is 0 Å². The zero-order valence-corrected chi connectivity index (χ0v) is 7.64. The Bertz CT molecular complexity index is 134. The average Bonchev–Trinajstić information content (AvgIpc) is 1.97. The summed E-state index contributed by atoms with van der Waals surface area (Å²) in [5, 5.41) is 0. The Labute approximate surface area is 70.0 Å². The van der Waals surface area contributed by atoms with E-state index < -0.39 is 0 Å². The minimum absolute atomic E-state index is 0.283. The first kappa shape index (κ1) is 10.4. The summed E-state index contributed by atoms with van der Waals surface area (Å²) in [5.41, 5.74) is 7.12. The molecule has 0 bridgehead atoms. The molecule has 1 heteroatoms. The summed E-state index contributed by atoms with van der Waals surface area (Å²) in [6.07, 6.45) is 7.30. The molecule has 0 unspecified atom stereocenters.